The molecule has 2 nitrogen and oxygen atoms in total. The van der Waals surface area contributed by atoms with Gasteiger partial charge in [0.1, 0.15) is 0 Å². The second-order valence-electron chi connectivity index (χ2n) is 5.90. The van der Waals surface area contributed by atoms with E-state index in [1.807, 2.05) is 85.0 Å². The second-order valence-corrected chi connectivity index (χ2v) is 7.89. The Labute approximate surface area is 155 Å². The second kappa shape index (κ2) is 8.45. The van der Waals surface area contributed by atoms with Crippen molar-refractivity contribution in [2.45, 2.75) is 4.90 Å². The molecule has 26 heavy (non-hydrogen) atoms. The molecule has 0 amide bonds. The lowest BCUT2D eigenvalue weighted by Gasteiger charge is -2.09. The van der Waals surface area contributed by atoms with Gasteiger partial charge in [-0.15, -0.1) is 0 Å². The highest BCUT2D eigenvalue weighted by Gasteiger charge is 2.17. The van der Waals surface area contributed by atoms with E-state index in [-0.39, 0.29) is 5.75 Å². The molecule has 0 N–H and O–H groups in total. The number of allylic oxidation sites excluding steroid dienone is 2. The maximum absolute atomic E-state index is 12.8. The minimum atomic E-state index is -3.40. The zero-order valence-corrected chi connectivity index (χ0v) is 15.1. The van der Waals surface area contributed by atoms with E-state index in [4.69, 9.17) is 0 Å². The van der Waals surface area contributed by atoms with Crippen molar-refractivity contribution in [3.05, 3.63) is 114 Å². The summed E-state index contributed by atoms with van der Waals surface area (Å²) in [6, 6.07) is 28.1. The Hall–Kier alpha value is -2.91. The molecule has 0 atom stereocenters. The summed E-state index contributed by atoms with van der Waals surface area (Å²) >= 11 is 0. The van der Waals surface area contributed by atoms with Crippen LogP contribution in [0.4, 0.5) is 0 Å². The summed E-state index contributed by atoms with van der Waals surface area (Å²) in [5.74, 6) is -0.0415. The predicted molar refractivity (Wildman–Crippen MR) is 108 cm³/mol. The molecule has 3 heteroatoms. The van der Waals surface area contributed by atoms with Gasteiger partial charge in [0, 0.05) is 0 Å². The van der Waals surface area contributed by atoms with Gasteiger partial charge in [0.2, 0.25) is 0 Å². The molecule has 0 fully saturated rings. The largest absolute Gasteiger partial charge is 0.223 e. The van der Waals surface area contributed by atoms with Gasteiger partial charge < -0.3 is 0 Å². The molecule has 0 spiro atoms. The smallest absolute Gasteiger partial charge is 0.182 e. The summed E-state index contributed by atoms with van der Waals surface area (Å²) < 4.78 is 25.6. The van der Waals surface area contributed by atoms with E-state index in [1.54, 1.807) is 24.3 Å². The molecule has 0 unspecified atom stereocenters. The van der Waals surface area contributed by atoms with Crippen LogP contribution in [0.1, 0.15) is 11.1 Å². The van der Waals surface area contributed by atoms with Gasteiger partial charge in [-0.05, 0) is 28.8 Å². The molecule has 0 aromatic heterocycles. The van der Waals surface area contributed by atoms with Crippen molar-refractivity contribution in [2.75, 3.05) is 5.75 Å². The van der Waals surface area contributed by atoms with Crippen LogP contribution in [0.2, 0.25) is 0 Å². The van der Waals surface area contributed by atoms with Crippen LogP contribution in [0, 0.1) is 0 Å². The predicted octanol–water partition coefficient (Wildman–Crippen LogP) is 5.26. The standard InChI is InChI=1S/C23H20O2S/c24-26(25,23-17-8-3-9-18-23)19-22(21-14-6-2-7-15-21)16-10-13-20-11-4-1-5-12-20/h1-18H,19H2/b13-10+,22-16+. The van der Waals surface area contributed by atoms with Crippen molar-refractivity contribution in [1.29, 1.82) is 0 Å². The Balaban J connectivity index is 1.92. The molecule has 0 saturated heterocycles. The van der Waals surface area contributed by atoms with Gasteiger partial charge in [-0.2, -0.15) is 0 Å². The van der Waals surface area contributed by atoms with Gasteiger partial charge in [0.05, 0.1) is 10.6 Å². The first kappa shape index (κ1) is 17.9. The molecule has 3 rings (SSSR count). The third-order valence-corrected chi connectivity index (χ3v) is 5.66. The highest BCUT2D eigenvalue weighted by atomic mass is 32.2. The Kier molecular flexibility index (Phi) is 5.82. The number of rotatable bonds is 6. The van der Waals surface area contributed by atoms with Gasteiger partial charge >= 0.3 is 0 Å². The number of hydrogen-bond acceptors (Lipinski definition) is 2. The molecule has 0 bridgehead atoms. The minimum Gasteiger partial charge on any atom is -0.223 e. The van der Waals surface area contributed by atoms with Crippen molar-refractivity contribution < 1.29 is 8.42 Å². The van der Waals surface area contributed by atoms with E-state index in [2.05, 4.69) is 0 Å². The van der Waals surface area contributed by atoms with Crippen LogP contribution in [0.25, 0.3) is 11.6 Å². The van der Waals surface area contributed by atoms with Crippen molar-refractivity contribution in [3.8, 4) is 0 Å². The van der Waals surface area contributed by atoms with Crippen LogP contribution >= 0.6 is 0 Å². The third kappa shape index (κ3) is 4.80. The fourth-order valence-corrected chi connectivity index (χ4v) is 4.05. The number of hydrogen-bond donors (Lipinski definition) is 0. The highest BCUT2D eigenvalue weighted by Crippen LogP contribution is 2.21. The third-order valence-electron chi connectivity index (χ3n) is 3.98. The lowest BCUT2D eigenvalue weighted by molar-refractivity contribution is 0.599. The van der Waals surface area contributed by atoms with E-state index >= 15 is 0 Å². The Morgan fingerprint density at radius 1 is 0.731 bits per heavy atom. The summed E-state index contributed by atoms with van der Waals surface area (Å²) in [4.78, 5) is 0.342. The van der Waals surface area contributed by atoms with Crippen molar-refractivity contribution in [3.63, 3.8) is 0 Å². The van der Waals surface area contributed by atoms with Crippen LogP contribution in [0.5, 0.6) is 0 Å². The zero-order valence-electron chi connectivity index (χ0n) is 14.3. The molecule has 130 valence electrons. The lowest BCUT2D eigenvalue weighted by Crippen LogP contribution is -2.08. The molecule has 0 aliphatic carbocycles. The first-order valence-corrected chi connectivity index (χ1v) is 10.1. The molecule has 0 aliphatic rings. The van der Waals surface area contributed by atoms with Crippen molar-refractivity contribution in [1.82, 2.24) is 0 Å². The zero-order chi connectivity index (χ0) is 18.2. The van der Waals surface area contributed by atoms with Gasteiger partial charge in [0.25, 0.3) is 0 Å². The van der Waals surface area contributed by atoms with Crippen LogP contribution in [-0.4, -0.2) is 14.2 Å². The first-order chi connectivity index (χ1) is 12.6. The molecule has 0 aliphatic heterocycles. The maximum Gasteiger partial charge on any atom is 0.182 e. The fraction of sp³-hybridized carbons (Fsp3) is 0.0435. The normalized spacial score (nSPS) is 12.4. The first-order valence-electron chi connectivity index (χ1n) is 8.41. The highest BCUT2D eigenvalue weighted by molar-refractivity contribution is 7.91. The van der Waals surface area contributed by atoms with Crippen LogP contribution < -0.4 is 0 Å². The summed E-state index contributed by atoms with van der Waals surface area (Å²) in [6.45, 7) is 0. The average Bonchev–Trinajstić information content (AvgIpc) is 2.69. The Morgan fingerprint density at radius 3 is 1.88 bits per heavy atom. The topological polar surface area (TPSA) is 34.1 Å². The summed E-state index contributed by atoms with van der Waals surface area (Å²) in [5.41, 5.74) is 2.74. The molecular formula is C23H20O2S. The average molecular weight is 360 g/mol. The van der Waals surface area contributed by atoms with Gasteiger partial charge in [0.15, 0.2) is 9.84 Å². The van der Waals surface area contributed by atoms with Crippen LogP contribution in [0.3, 0.4) is 0 Å². The van der Waals surface area contributed by atoms with Crippen LogP contribution in [-0.2, 0) is 9.84 Å². The monoisotopic (exact) mass is 360 g/mol. The molecule has 0 radical (unpaired) electrons. The minimum absolute atomic E-state index is 0.0415. The van der Waals surface area contributed by atoms with Gasteiger partial charge in [-0.25, -0.2) is 8.42 Å². The molecular weight excluding hydrogens is 340 g/mol. The van der Waals surface area contributed by atoms with E-state index < -0.39 is 9.84 Å². The fourth-order valence-electron chi connectivity index (χ4n) is 2.64. The lowest BCUT2D eigenvalue weighted by atomic mass is 10.1. The molecule has 0 saturated carbocycles. The van der Waals surface area contributed by atoms with E-state index in [9.17, 15) is 8.42 Å². The van der Waals surface area contributed by atoms with E-state index in [0.29, 0.717) is 4.90 Å². The Bertz CT molecular complexity index is 988. The van der Waals surface area contributed by atoms with Gasteiger partial charge in [-0.3, -0.25) is 0 Å². The van der Waals surface area contributed by atoms with Crippen molar-refractivity contribution >= 4 is 21.5 Å². The Morgan fingerprint density at radius 2 is 1.27 bits per heavy atom. The maximum atomic E-state index is 12.8. The van der Waals surface area contributed by atoms with Crippen molar-refractivity contribution in [2.24, 2.45) is 0 Å². The summed E-state index contributed by atoms with van der Waals surface area (Å²) in [7, 11) is -3.40. The molecule has 3 aromatic carbocycles. The van der Waals surface area contributed by atoms with Gasteiger partial charge in [-0.1, -0.05) is 97.1 Å². The number of benzene rings is 3. The summed E-state index contributed by atoms with van der Waals surface area (Å²) in [5, 5.41) is 0. The van der Waals surface area contributed by atoms with Crippen LogP contribution in [0.15, 0.2) is 108 Å². The van der Waals surface area contributed by atoms with E-state index in [1.165, 1.54) is 0 Å². The van der Waals surface area contributed by atoms with E-state index in [0.717, 1.165) is 16.7 Å². The quantitative estimate of drug-likeness (QED) is 0.562. The summed E-state index contributed by atoms with van der Waals surface area (Å²) in [6.07, 6.45) is 5.75. The SMILES string of the molecule is O=S(=O)(C/C(=C\C=C\c1ccccc1)c1ccccc1)c1ccccc1. The molecule has 0 heterocycles. The molecule has 3 aromatic rings. The number of sulfone groups is 1.